The molecule has 0 saturated carbocycles. The topological polar surface area (TPSA) is 20.3 Å². The van der Waals surface area contributed by atoms with Crippen molar-refractivity contribution in [2.75, 3.05) is 19.6 Å². The highest BCUT2D eigenvalue weighted by Gasteiger charge is 2.31. The second-order valence-corrected chi connectivity index (χ2v) is 5.62. The molecule has 2 nitrogen and oxygen atoms in total. The van der Waals surface area contributed by atoms with E-state index in [-0.39, 0.29) is 18.9 Å². The summed E-state index contributed by atoms with van der Waals surface area (Å²) in [5.41, 5.74) is 0. The summed E-state index contributed by atoms with van der Waals surface area (Å²) in [7, 11) is 0. The number of Topliss-reactive ketones (excluding diaryl/α,β-unsaturated/α-hetero) is 1. The molecule has 0 atom stereocenters. The van der Waals surface area contributed by atoms with E-state index in [2.05, 4.69) is 15.9 Å². The molecule has 0 N–H and O–H groups in total. The van der Waals surface area contributed by atoms with Gasteiger partial charge in [-0.3, -0.25) is 9.69 Å². The molecule has 18 heavy (non-hydrogen) atoms. The van der Waals surface area contributed by atoms with Crippen LogP contribution >= 0.6 is 27.3 Å². The van der Waals surface area contributed by atoms with Crippen molar-refractivity contribution in [2.24, 2.45) is 0 Å². The second-order valence-electron chi connectivity index (χ2n) is 3.85. The van der Waals surface area contributed by atoms with Crippen LogP contribution in [0.1, 0.15) is 23.0 Å². The molecule has 0 aliphatic carbocycles. The summed E-state index contributed by atoms with van der Waals surface area (Å²) in [4.78, 5) is 13.5. The van der Waals surface area contributed by atoms with Crippen LogP contribution < -0.4 is 0 Å². The fourth-order valence-electron chi connectivity index (χ4n) is 1.55. The summed E-state index contributed by atoms with van der Waals surface area (Å²) in [6, 6.07) is 1.71. The Morgan fingerprint density at radius 2 is 2.17 bits per heavy atom. The van der Waals surface area contributed by atoms with Gasteiger partial charge in [0.1, 0.15) is 0 Å². The van der Waals surface area contributed by atoms with Gasteiger partial charge in [0.2, 0.25) is 0 Å². The minimum Gasteiger partial charge on any atom is -0.292 e. The molecule has 0 fully saturated rings. The van der Waals surface area contributed by atoms with Crippen molar-refractivity contribution in [1.29, 1.82) is 0 Å². The number of alkyl halides is 3. The zero-order chi connectivity index (χ0) is 13.8. The van der Waals surface area contributed by atoms with E-state index in [0.717, 1.165) is 4.90 Å². The third-order valence-electron chi connectivity index (χ3n) is 2.18. The number of carbonyl (C=O) groups excluding carboxylic acids is 1. The Bertz CT molecular complexity index is 405. The molecule has 1 aromatic heterocycles. The first-order valence-electron chi connectivity index (χ1n) is 5.38. The maximum Gasteiger partial charge on any atom is 0.401 e. The number of thiophene rings is 1. The first-order chi connectivity index (χ1) is 8.33. The molecule has 1 rings (SSSR count). The fraction of sp³-hybridized carbons (Fsp3) is 0.545. The van der Waals surface area contributed by atoms with Gasteiger partial charge in [0.05, 0.1) is 18.0 Å². The average molecular weight is 344 g/mol. The molecule has 0 saturated heterocycles. The molecular formula is C11H13BrF3NOS. The quantitative estimate of drug-likeness (QED) is 0.728. The van der Waals surface area contributed by atoms with Gasteiger partial charge in [0, 0.05) is 4.47 Å². The van der Waals surface area contributed by atoms with Crippen LogP contribution in [-0.2, 0) is 0 Å². The Morgan fingerprint density at radius 3 is 2.61 bits per heavy atom. The Morgan fingerprint density at radius 1 is 1.50 bits per heavy atom. The van der Waals surface area contributed by atoms with Crippen LogP contribution in [0.15, 0.2) is 15.9 Å². The summed E-state index contributed by atoms with van der Waals surface area (Å²) in [6.45, 7) is 0.797. The monoisotopic (exact) mass is 343 g/mol. The Kier molecular flexibility index (Phi) is 5.81. The van der Waals surface area contributed by atoms with Crippen LogP contribution in [-0.4, -0.2) is 36.5 Å². The lowest BCUT2D eigenvalue weighted by Crippen LogP contribution is -2.38. The average Bonchev–Trinajstić information content (AvgIpc) is 2.62. The number of nitrogens with zero attached hydrogens (tertiary/aromatic N) is 1. The SMILES string of the molecule is CCCN(CC(=O)c1sccc1Br)CC(F)(F)F. The van der Waals surface area contributed by atoms with Gasteiger partial charge in [-0.15, -0.1) is 11.3 Å². The Hall–Kier alpha value is -0.400. The summed E-state index contributed by atoms with van der Waals surface area (Å²) < 4.78 is 37.7. The molecule has 0 radical (unpaired) electrons. The fourth-order valence-corrected chi connectivity index (χ4v) is 3.08. The number of hydrogen-bond acceptors (Lipinski definition) is 3. The molecule has 7 heteroatoms. The van der Waals surface area contributed by atoms with Crippen LogP contribution in [0.5, 0.6) is 0 Å². The third-order valence-corrected chi connectivity index (χ3v) is 4.06. The van der Waals surface area contributed by atoms with Gasteiger partial charge < -0.3 is 0 Å². The van der Waals surface area contributed by atoms with Gasteiger partial charge >= 0.3 is 6.18 Å². The van der Waals surface area contributed by atoms with Crippen molar-refractivity contribution in [1.82, 2.24) is 4.90 Å². The van der Waals surface area contributed by atoms with E-state index >= 15 is 0 Å². The van der Waals surface area contributed by atoms with Crippen LogP contribution in [0.25, 0.3) is 0 Å². The Labute approximate surface area is 116 Å². The number of ketones is 1. The van der Waals surface area contributed by atoms with Gasteiger partial charge in [-0.05, 0) is 40.3 Å². The summed E-state index contributed by atoms with van der Waals surface area (Å²) in [5, 5.41) is 1.73. The van der Waals surface area contributed by atoms with Gasteiger partial charge in [-0.1, -0.05) is 6.92 Å². The first-order valence-corrected chi connectivity index (χ1v) is 7.06. The number of halogens is 4. The minimum atomic E-state index is -4.28. The smallest absolute Gasteiger partial charge is 0.292 e. The van der Waals surface area contributed by atoms with Crippen molar-refractivity contribution in [2.45, 2.75) is 19.5 Å². The van der Waals surface area contributed by atoms with Crippen LogP contribution in [0, 0.1) is 0 Å². The van der Waals surface area contributed by atoms with E-state index in [4.69, 9.17) is 0 Å². The Balaban J connectivity index is 2.66. The van der Waals surface area contributed by atoms with Crippen LogP contribution in [0.4, 0.5) is 13.2 Å². The van der Waals surface area contributed by atoms with E-state index in [1.165, 1.54) is 11.3 Å². The van der Waals surface area contributed by atoms with Gasteiger partial charge in [-0.2, -0.15) is 13.2 Å². The van der Waals surface area contributed by atoms with E-state index < -0.39 is 12.7 Å². The lowest BCUT2D eigenvalue weighted by atomic mass is 10.3. The highest BCUT2D eigenvalue weighted by Crippen LogP contribution is 2.24. The van der Waals surface area contributed by atoms with E-state index in [9.17, 15) is 18.0 Å². The van der Waals surface area contributed by atoms with Crippen LogP contribution in [0.3, 0.4) is 0 Å². The van der Waals surface area contributed by atoms with Crippen molar-refractivity contribution < 1.29 is 18.0 Å². The highest BCUT2D eigenvalue weighted by atomic mass is 79.9. The molecule has 0 aromatic carbocycles. The molecule has 0 bridgehead atoms. The molecule has 0 amide bonds. The lowest BCUT2D eigenvalue weighted by molar-refractivity contribution is -0.144. The predicted octanol–water partition coefficient (Wildman–Crippen LogP) is 3.97. The second kappa shape index (κ2) is 6.68. The molecule has 1 aromatic rings. The summed E-state index contributed by atoms with van der Waals surface area (Å²) in [5.74, 6) is -0.283. The van der Waals surface area contributed by atoms with Gasteiger partial charge in [0.15, 0.2) is 5.78 Å². The zero-order valence-corrected chi connectivity index (χ0v) is 12.2. The summed E-state index contributed by atoms with van der Waals surface area (Å²) in [6.07, 6.45) is -3.70. The number of rotatable bonds is 6. The number of carbonyl (C=O) groups is 1. The minimum absolute atomic E-state index is 0.202. The molecule has 1 heterocycles. The molecule has 0 aliphatic heterocycles. The molecule has 102 valence electrons. The van der Waals surface area contributed by atoms with Crippen LogP contribution in [0.2, 0.25) is 0 Å². The standard InChI is InChI=1S/C11H13BrF3NOS/c1-2-4-16(7-11(13,14)15)6-9(17)10-8(12)3-5-18-10/h3,5H,2,4,6-7H2,1H3. The van der Waals surface area contributed by atoms with E-state index in [1.807, 2.05) is 0 Å². The van der Waals surface area contributed by atoms with Crippen molar-refractivity contribution in [3.8, 4) is 0 Å². The van der Waals surface area contributed by atoms with Gasteiger partial charge in [0.25, 0.3) is 0 Å². The largest absolute Gasteiger partial charge is 0.401 e. The zero-order valence-electron chi connectivity index (χ0n) is 9.76. The van der Waals surface area contributed by atoms with Crippen molar-refractivity contribution in [3.63, 3.8) is 0 Å². The number of hydrogen-bond donors (Lipinski definition) is 0. The maximum absolute atomic E-state index is 12.3. The molecule has 0 spiro atoms. The van der Waals surface area contributed by atoms with E-state index in [1.54, 1.807) is 18.4 Å². The van der Waals surface area contributed by atoms with E-state index in [0.29, 0.717) is 15.8 Å². The van der Waals surface area contributed by atoms with Gasteiger partial charge in [-0.25, -0.2) is 0 Å². The maximum atomic E-state index is 12.3. The lowest BCUT2D eigenvalue weighted by Gasteiger charge is -2.21. The normalized spacial score (nSPS) is 12.1. The third kappa shape index (κ3) is 5.07. The van der Waals surface area contributed by atoms with Crippen molar-refractivity contribution in [3.05, 3.63) is 20.8 Å². The molecule has 0 aliphatic rings. The van der Waals surface area contributed by atoms with Crippen molar-refractivity contribution >= 4 is 33.0 Å². The molecular weight excluding hydrogens is 331 g/mol. The first kappa shape index (κ1) is 15.7. The molecule has 0 unspecified atom stereocenters. The summed E-state index contributed by atoms with van der Waals surface area (Å²) >= 11 is 4.44. The highest BCUT2D eigenvalue weighted by molar-refractivity contribution is 9.10. The predicted molar refractivity (Wildman–Crippen MR) is 69.1 cm³/mol.